The number of hydrogen-bond donors (Lipinski definition) is 0. The number of benzene rings is 1. The maximum Gasteiger partial charge on any atom is 0.417 e. The van der Waals surface area contributed by atoms with Gasteiger partial charge in [-0.05, 0) is 37.6 Å². The first-order valence-electron chi connectivity index (χ1n) is 11.4. The number of halogens is 3. The summed E-state index contributed by atoms with van der Waals surface area (Å²) >= 11 is 0. The van der Waals surface area contributed by atoms with E-state index in [-0.39, 0.29) is 24.6 Å². The highest BCUT2D eigenvalue weighted by Gasteiger charge is 2.39. The summed E-state index contributed by atoms with van der Waals surface area (Å²) in [5.41, 5.74) is 0.0857. The number of ether oxygens (including phenoxy) is 1. The predicted octanol–water partition coefficient (Wildman–Crippen LogP) is 3.34. The fraction of sp³-hybridized carbons (Fsp3) is 0.417. The zero-order chi connectivity index (χ0) is 25.0. The number of pyridine rings is 1. The molecule has 0 saturated carbocycles. The Hall–Kier alpha value is -3.63. The van der Waals surface area contributed by atoms with Crippen LogP contribution in [0.5, 0.6) is 0 Å². The Bertz CT molecular complexity index is 1080. The van der Waals surface area contributed by atoms with Crippen molar-refractivity contribution in [3.05, 3.63) is 54.2 Å². The minimum absolute atomic E-state index is 0.132. The lowest BCUT2D eigenvalue weighted by atomic mass is 10.1. The fourth-order valence-corrected chi connectivity index (χ4v) is 4.18. The van der Waals surface area contributed by atoms with Crippen molar-refractivity contribution in [2.75, 3.05) is 42.7 Å². The monoisotopic (exact) mass is 489 g/mol. The zero-order valence-corrected chi connectivity index (χ0v) is 19.2. The molecule has 1 aromatic heterocycles. The van der Waals surface area contributed by atoms with Gasteiger partial charge in [-0.1, -0.05) is 18.2 Å². The van der Waals surface area contributed by atoms with Crippen LogP contribution in [0, 0.1) is 0 Å². The average molecular weight is 489 g/mol. The molecule has 1 aromatic carbocycles. The van der Waals surface area contributed by atoms with Crippen LogP contribution in [0.15, 0.2) is 53.8 Å². The number of alkyl halides is 3. The van der Waals surface area contributed by atoms with Gasteiger partial charge in [0.25, 0.3) is 0 Å². The number of anilines is 2. The number of carbonyl (C=O) groups is 2. The van der Waals surface area contributed by atoms with Crippen LogP contribution in [-0.4, -0.2) is 66.3 Å². The number of nitrogens with zero attached hydrogens (tertiary/aromatic N) is 5. The number of esters is 1. The second-order valence-corrected chi connectivity index (χ2v) is 8.24. The van der Waals surface area contributed by atoms with E-state index in [1.807, 2.05) is 35.2 Å². The van der Waals surface area contributed by atoms with Crippen molar-refractivity contribution in [3.8, 4) is 0 Å². The van der Waals surface area contributed by atoms with E-state index in [0.717, 1.165) is 12.3 Å². The molecule has 0 radical (unpaired) electrons. The Morgan fingerprint density at radius 3 is 2.49 bits per heavy atom. The average Bonchev–Trinajstić information content (AvgIpc) is 3.15. The molecule has 3 heterocycles. The summed E-state index contributed by atoms with van der Waals surface area (Å²) in [6.45, 7) is 3.74. The van der Waals surface area contributed by atoms with Gasteiger partial charge in [0, 0.05) is 38.8 Å². The Balaban J connectivity index is 1.47. The van der Waals surface area contributed by atoms with Crippen LogP contribution in [-0.2, 0) is 20.5 Å². The number of rotatable bonds is 5. The zero-order valence-electron chi connectivity index (χ0n) is 19.2. The van der Waals surface area contributed by atoms with Crippen molar-refractivity contribution >= 4 is 29.1 Å². The third-order valence-electron chi connectivity index (χ3n) is 5.93. The van der Waals surface area contributed by atoms with Gasteiger partial charge in [0.2, 0.25) is 5.91 Å². The highest BCUT2D eigenvalue weighted by Crippen LogP contribution is 2.30. The minimum Gasteiger partial charge on any atom is -0.461 e. The molecule has 1 saturated heterocycles. The summed E-state index contributed by atoms with van der Waals surface area (Å²) in [5, 5.41) is 5.97. The Morgan fingerprint density at radius 2 is 1.83 bits per heavy atom. The number of amides is 1. The maximum absolute atomic E-state index is 13.6. The van der Waals surface area contributed by atoms with Gasteiger partial charge in [-0.25, -0.2) is 9.78 Å². The van der Waals surface area contributed by atoms with Crippen molar-refractivity contribution in [2.24, 2.45) is 5.10 Å². The minimum atomic E-state index is -4.44. The van der Waals surface area contributed by atoms with Gasteiger partial charge in [0.1, 0.15) is 17.6 Å². The first-order valence-corrected chi connectivity index (χ1v) is 11.4. The molecule has 186 valence electrons. The van der Waals surface area contributed by atoms with Gasteiger partial charge in [-0.3, -0.25) is 9.80 Å². The number of aromatic nitrogens is 1. The van der Waals surface area contributed by atoms with Crippen LogP contribution in [0.4, 0.5) is 24.7 Å². The van der Waals surface area contributed by atoms with Crippen molar-refractivity contribution in [2.45, 2.75) is 32.0 Å². The van der Waals surface area contributed by atoms with Crippen molar-refractivity contribution in [1.29, 1.82) is 0 Å². The molecule has 1 unspecified atom stereocenters. The summed E-state index contributed by atoms with van der Waals surface area (Å²) in [5.74, 6) is -0.273. The van der Waals surface area contributed by atoms with E-state index in [1.165, 1.54) is 6.07 Å². The van der Waals surface area contributed by atoms with E-state index >= 15 is 0 Å². The quantitative estimate of drug-likeness (QED) is 0.600. The summed E-state index contributed by atoms with van der Waals surface area (Å²) < 4.78 is 43.6. The molecular formula is C24H26F3N5O3. The summed E-state index contributed by atoms with van der Waals surface area (Å²) in [6.07, 6.45) is -2.86. The molecule has 2 aromatic rings. The molecule has 0 aliphatic carbocycles. The Kier molecular flexibility index (Phi) is 7.23. The molecule has 8 nitrogen and oxygen atoms in total. The molecule has 0 spiro atoms. The number of hydrogen-bond acceptors (Lipinski definition) is 7. The molecule has 4 rings (SSSR count). The highest BCUT2D eigenvalue weighted by molar-refractivity contribution is 6.38. The topological polar surface area (TPSA) is 78.3 Å². The van der Waals surface area contributed by atoms with Crippen LogP contribution in [0.2, 0.25) is 0 Å². The molecule has 1 atom stereocenters. The Labute approximate surface area is 201 Å². The SMILES string of the molecule is CCOC(=O)C1=NN(c2ccccc2)C(C(=O)N2CCCN(c3ccc(C(F)(F)F)cn3)CC2)C1. The van der Waals surface area contributed by atoms with E-state index in [1.54, 1.807) is 16.8 Å². The van der Waals surface area contributed by atoms with Crippen LogP contribution >= 0.6 is 0 Å². The number of hydrazone groups is 1. The second-order valence-electron chi connectivity index (χ2n) is 8.24. The van der Waals surface area contributed by atoms with E-state index in [9.17, 15) is 22.8 Å². The van der Waals surface area contributed by atoms with E-state index in [2.05, 4.69) is 10.1 Å². The van der Waals surface area contributed by atoms with Gasteiger partial charge in [-0.15, -0.1) is 0 Å². The van der Waals surface area contributed by atoms with Crippen molar-refractivity contribution < 1.29 is 27.5 Å². The summed E-state index contributed by atoms with van der Waals surface area (Å²) in [7, 11) is 0. The smallest absolute Gasteiger partial charge is 0.417 e. The lowest BCUT2D eigenvalue weighted by Gasteiger charge is -2.29. The van der Waals surface area contributed by atoms with Crippen LogP contribution in [0.25, 0.3) is 0 Å². The molecule has 2 aliphatic rings. The maximum atomic E-state index is 13.6. The largest absolute Gasteiger partial charge is 0.461 e. The fourth-order valence-electron chi connectivity index (χ4n) is 4.18. The third kappa shape index (κ3) is 5.55. The second kappa shape index (κ2) is 10.3. The molecule has 2 aliphatic heterocycles. The van der Waals surface area contributed by atoms with E-state index < -0.39 is 23.8 Å². The normalized spacial score (nSPS) is 18.8. The molecule has 0 bridgehead atoms. The van der Waals surface area contributed by atoms with Crippen molar-refractivity contribution in [1.82, 2.24) is 9.88 Å². The van der Waals surface area contributed by atoms with Crippen LogP contribution < -0.4 is 9.91 Å². The van der Waals surface area contributed by atoms with Crippen LogP contribution in [0.3, 0.4) is 0 Å². The lowest BCUT2D eigenvalue weighted by Crippen LogP contribution is -2.46. The first kappa shape index (κ1) is 24.5. The molecule has 0 N–H and O–H groups in total. The summed E-state index contributed by atoms with van der Waals surface area (Å²) in [4.78, 5) is 33.4. The van der Waals surface area contributed by atoms with E-state index in [0.29, 0.717) is 44.1 Å². The molecular weight excluding hydrogens is 463 g/mol. The highest BCUT2D eigenvalue weighted by atomic mass is 19.4. The van der Waals surface area contributed by atoms with E-state index in [4.69, 9.17) is 4.74 Å². The predicted molar refractivity (Wildman–Crippen MR) is 124 cm³/mol. The molecule has 1 fully saturated rings. The van der Waals surface area contributed by atoms with Gasteiger partial charge in [0.15, 0.2) is 0 Å². The van der Waals surface area contributed by atoms with Crippen molar-refractivity contribution in [3.63, 3.8) is 0 Å². The van der Waals surface area contributed by atoms with Gasteiger partial charge < -0.3 is 14.5 Å². The third-order valence-corrected chi connectivity index (χ3v) is 5.93. The molecule has 11 heteroatoms. The van der Waals surface area contributed by atoms with Gasteiger partial charge in [-0.2, -0.15) is 18.3 Å². The van der Waals surface area contributed by atoms with Gasteiger partial charge >= 0.3 is 12.1 Å². The number of para-hydroxylation sites is 1. The first-order chi connectivity index (χ1) is 16.8. The number of carbonyl (C=O) groups excluding carboxylic acids is 2. The standard InChI is InChI=1S/C24H26F3N5O3/c1-2-35-23(34)19-15-20(32(29-19)18-7-4-3-5-8-18)22(33)31-12-6-11-30(13-14-31)21-10-9-17(16-28-21)24(25,26)27/h3-5,7-10,16,20H,2,6,11-15H2,1H3. The van der Waals surface area contributed by atoms with Crippen LogP contribution in [0.1, 0.15) is 25.3 Å². The molecule has 1 amide bonds. The Morgan fingerprint density at radius 1 is 1.06 bits per heavy atom. The summed E-state index contributed by atoms with van der Waals surface area (Å²) in [6, 6.07) is 10.8. The molecule has 35 heavy (non-hydrogen) atoms. The van der Waals surface area contributed by atoms with Gasteiger partial charge in [0.05, 0.1) is 17.9 Å². The lowest BCUT2D eigenvalue weighted by molar-refractivity contribution is -0.138.